The Morgan fingerprint density at radius 1 is 0.880 bits per heavy atom. The molecule has 0 bridgehead atoms. The molecule has 0 radical (unpaired) electrons. The molecule has 0 aliphatic heterocycles. The minimum atomic E-state index is -0.519. The lowest BCUT2D eigenvalue weighted by Gasteiger charge is -2.32. The molecule has 1 saturated carbocycles. The molecule has 5 heteroatoms. The van der Waals surface area contributed by atoms with Crippen molar-refractivity contribution < 1.29 is 14.4 Å². The lowest BCUT2D eigenvalue weighted by Crippen LogP contribution is -2.45. The van der Waals surface area contributed by atoms with Crippen LogP contribution in [0.15, 0.2) is 60.7 Å². The second-order valence-electron chi connectivity index (χ2n) is 6.16. The summed E-state index contributed by atoms with van der Waals surface area (Å²) in [5.74, 6) is -0.519. The highest BCUT2D eigenvalue weighted by Crippen LogP contribution is 2.24. The molecule has 2 aromatic rings. The first-order valence-corrected chi connectivity index (χ1v) is 8.66. The molecule has 1 fully saturated rings. The van der Waals surface area contributed by atoms with Crippen molar-refractivity contribution in [3.8, 4) is 0 Å². The van der Waals surface area contributed by atoms with Crippen LogP contribution in [-0.4, -0.2) is 23.1 Å². The van der Waals surface area contributed by atoms with E-state index in [0.29, 0.717) is 11.3 Å². The van der Waals surface area contributed by atoms with Crippen molar-refractivity contribution in [3.05, 3.63) is 66.2 Å². The summed E-state index contributed by atoms with van der Waals surface area (Å²) in [6.07, 6.45) is 4.89. The van der Waals surface area contributed by atoms with Crippen LogP contribution >= 0.6 is 0 Å². The Labute approximate surface area is 147 Å². The average molecular weight is 338 g/mol. The lowest BCUT2D eigenvalue weighted by atomic mass is 9.95. The summed E-state index contributed by atoms with van der Waals surface area (Å²) in [7, 11) is 0. The second kappa shape index (κ2) is 8.33. The van der Waals surface area contributed by atoms with Crippen LogP contribution in [0.25, 0.3) is 0 Å². The molecule has 0 unspecified atom stereocenters. The monoisotopic (exact) mass is 338 g/mol. The van der Waals surface area contributed by atoms with E-state index in [1.54, 1.807) is 36.4 Å². The van der Waals surface area contributed by atoms with E-state index in [0.717, 1.165) is 32.1 Å². The topological polar surface area (TPSA) is 58.6 Å². The van der Waals surface area contributed by atoms with Gasteiger partial charge in [-0.15, -0.1) is 5.06 Å². The van der Waals surface area contributed by atoms with Gasteiger partial charge in [-0.2, -0.15) is 0 Å². The van der Waals surface area contributed by atoms with Gasteiger partial charge < -0.3 is 10.2 Å². The third kappa shape index (κ3) is 4.59. The van der Waals surface area contributed by atoms with Crippen LogP contribution in [0.5, 0.6) is 0 Å². The van der Waals surface area contributed by atoms with E-state index in [1.807, 2.05) is 24.3 Å². The molecule has 0 spiro atoms. The van der Waals surface area contributed by atoms with Crippen molar-refractivity contribution in [3.63, 3.8) is 0 Å². The normalized spacial score (nSPS) is 14.6. The van der Waals surface area contributed by atoms with Crippen LogP contribution in [0.3, 0.4) is 0 Å². The fourth-order valence-corrected chi connectivity index (χ4v) is 3.01. The van der Waals surface area contributed by atoms with Gasteiger partial charge in [0.2, 0.25) is 0 Å². The zero-order chi connectivity index (χ0) is 17.5. The highest BCUT2D eigenvalue weighted by atomic mass is 16.7. The number of para-hydroxylation sites is 1. The first-order chi connectivity index (χ1) is 12.2. The minimum Gasteiger partial charge on any atom is -0.331 e. The van der Waals surface area contributed by atoms with Crippen molar-refractivity contribution in [2.45, 2.75) is 38.1 Å². The zero-order valence-electron chi connectivity index (χ0n) is 14.1. The molecule has 0 aromatic heterocycles. The van der Waals surface area contributed by atoms with E-state index < -0.39 is 12.0 Å². The molecular formula is C20H22N2O3. The van der Waals surface area contributed by atoms with Gasteiger partial charge in [0, 0.05) is 5.69 Å². The molecule has 1 aliphatic carbocycles. The van der Waals surface area contributed by atoms with Crippen molar-refractivity contribution >= 4 is 17.7 Å². The van der Waals surface area contributed by atoms with E-state index in [1.165, 1.54) is 5.06 Å². The Balaban J connectivity index is 1.74. The van der Waals surface area contributed by atoms with Crippen molar-refractivity contribution in [1.82, 2.24) is 5.06 Å². The maximum Gasteiger partial charge on any atom is 0.363 e. The van der Waals surface area contributed by atoms with Crippen LogP contribution < -0.4 is 5.32 Å². The number of hydrogen-bond donors (Lipinski definition) is 1. The fraction of sp³-hybridized carbons (Fsp3) is 0.300. The molecular weight excluding hydrogens is 316 g/mol. The first-order valence-electron chi connectivity index (χ1n) is 8.66. The summed E-state index contributed by atoms with van der Waals surface area (Å²) in [5, 5.41) is 4.03. The smallest absolute Gasteiger partial charge is 0.331 e. The molecule has 0 heterocycles. The van der Waals surface area contributed by atoms with Crippen LogP contribution in [0, 0.1) is 0 Å². The molecule has 2 aromatic carbocycles. The Bertz CT molecular complexity index is 697. The molecule has 1 aliphatic rings. The quantitative estimate of drug-likeness (QED) is 0.830. The van der Waals surface area contributed by atoms with E-state index in [2.05, 4.69) is 5.32 Å². The Morgan fingerprint density at radius 3 is 2.12 bits per heavy atom. The van der Waals surface area contributed by atoms with E-state index >= 15 is 0 Å². The number of anilines is 1. The number of nitrogens with zero attached hydrogens (tertiary/aromatic N) is 1. The number of urea groups is 1. The largest absolute Gasteiger partial charge is 0.363 e. The standard InChI is InChI=1S/C20H22N2O3/c23-19(16-10-4-1-5-11-16)25-22(18-14-8-3-9-15-18)20(24)21-17-12-6-2-7-13-17/h1-2,4-7,10-13,18H,3,8-9,14-15H2,(H,21,24). The zero-order valence-corrected chi connectivity index (χ0v) is 14.1. The second-order valence-corrected chi connectivity index (χ2v) is 6.16. The highest BCUT2D eigenvalue weighted by molar-refractivity contribution is 5.93. The SMILES string of the molecule is O=C(ON(C(=O)Nc1ccccc1)C1CCCCC1)c1ccccc1. The van der Waals surface area contributed by atoms with Crippen LogP contribution in [-0.2, 0) is 4.84 Å². The van der Waals surface area contributed by atoms with E-state index in [-0.39, 0.29) is 6.04 Å². The first kappa shape index (κ1) is 17.0. The number of hydroxylamine groups is 2. The fourth-order valence-electron chi connectivity index (χ4n) is 3.01. The number of nitrogens with one attached hydrogen (secondary N) is 1. The molecule has 130 valence electrons. The summed E-state index contributed by atoms with van der Waals surface area (Å²) < 4.78 is 0. The Kier molecular flexibility index (Phi) is 5.67. The van der Waals surface area contributed by atoms with Crippen molar-refractivity contribution in [2.24, 2.45) is 0 Å². The number of amides is 2. The van der Waals surface area contributed by atoms with Crippen molar-refractivity contribution in [1.29, 1.82) is 0 Å². The van der Waals surface area contributed by atoms with Crippen LogP contribution in [0.4, 0.5) is 10.5 Å². The van der Waals surface area contributed by atoms with E-state index in [9.17, 15) is 9.59 Å². The van der Waals surface area contributed by atoms with Gasteiger partial charge >= 0.3 is 12.0 Å². The predicted octanol–water partition coefficient (Wildman–Crippen LogP) is 4.63. The number of carbonyl (C=O) groups is 2. The van der Waals surface area contributed by atoms with Gasteiger partial charge in [-0.05, 0) is 37.1 Å². The summed E-state index contributed by atoms with van der Waals surface area (Å²) in [6.45, 7) is 0. The summed E-state index contributed by atoms with van der Waals surface area (Å²) in [5.41, 5.74) is 1.10. The molecule has 25 heavy (non-hydrogen) atoms. The van der Waals surface area contributed by atoms with Gasteiger partial charge in [0.25, 0.3) is 0 Å². The van der Waals surface area contributed by atoms with Gasteiger partial charge in [-0.1, -0.05) is 55.7 Å². The average Bonchev–Trinajstić information content (AvgIpc) is 2.68. The molecule has 2 amide bonds. The third-order valence-corrected chi connectivity index (χ3v) is 4.32. The van der Waals surface area contributed by atoms with Crippen LogP contribution in [0.1, 0.15) is 42.5 Å². The molecule has 0 atom stereocenters. The Hall–Kier alpha value is -2.82. The minimum absolute atomic E-state index is 0.0925. The van der Waals surface area contributed by atoms with Gasteiger partial charge in [-0.25, -0.2) is 9.59 Å². The number of hydrogen-bond acceptors (Lipinski definition) is 3. The van der Waals surface area contributed by atoms with Gasteiger partial charge in [0.15, 0.2) is 0 Å². The predicted molar refractivity (Wildman–Crippen MR) is 96.0 cm³/mol. The van der Waals surface area contributed by atoms with Gasteiger partial charge in [-0.3, -0.25) is 0 Å². The number of rotatable bonds is 3. The number of benzene rings is 2. The Morgan fingerprint density at radius 2 is 1.48 bits per heavy atom. The molecule has 5 nitrogen and oxygen atoms in total. The maximum absolute atomic E-state index is 12.7. The van der Waals surface area contributed by atoms with Gasteiger partial charge in [0.1, 0.15) is 0 Å². The van der Waals surface area contributed by atoms with Gasteiger partial charge in [0.05, 0.1) is 11.6 Å². The van der Waals surface area contributed by atoms with Crippen LogP contribution in [0.2, 0.25) is 0 Å². The summed E-state index contributed by atoms with van der Waals surface area (Å²) in [6, 6.07) is 17.4. The lowest BCUT2D eigenvalue weighted by molar-refractivity contribution is -0.101. The molecule has 3 rings (SSSR count). The number of carbonyl (C=O) groups excluding carboxylic acids is 2. The summed E-state index contributed by atoms with van der Waals surface area (Å²) in [4.78, 5) is 30.6. The highest BCUT2D eigenvalue weighted by Gasteiger charge is 2.29. The molecule has 1 N–H and O–H groups in total. The summed E-state index contributed by atoms with van der Waals surface area (Å²) >= 11 is 0. The third-order valence-electron chi connectivity index (χ3n) is 4.32. The van der Waals surface area contributed by atoms with Crippen molar-refractivity contribution in [2.75, 3.05) is 5.32 Å². The maximum atomic E-state index is 12.7. The molecule has 0 saturated heterocycles. The van der Waals surface area contributed by atoms with E-state index in [4.69, 9.17) is 4.84 Å².